The minimum absolute atomic E-state index is 0.343. The van der Waals surface area contributed by atoms with Crippen LogP contribution >= 0.6 is 0 Å². The number of rotatable bonds is 6. The normalized spacial score (nSPS) is 15.1. The molecule has 0 saturated carbocycles. The Hall–Kier alpha value is -6.65. The van der Waals surface area contributed by atoms with Crippen LogP contribution in [0.3, 0.4) is 0 Å². The van der Waals surface area contributed by atoms with Gasteiger partial charge in [-0.2, -0.15) is 0 Å². The maximum atomic E-state index is 5.49. The van der Waals surface area contributed by atoms with Crippen molar-refractivity contribution in [2.24, 2.45) is 0 Å². The third-order valence-electron chi connectivity index (χ3n) is 10.9. The van der Waals surface area contributed by atoms with E-state index in [1.54, 1.807) is 0 Å². The summed E-state index contributed by atoms with van der Waals surface area (Å²) in [6, 6.07) is 49.7. The van der Waals surface area contributed by atoms with E-state index < -0.39 is 0 Å². The topological polar surface area (TPSA) is 43.6 Å². The fourth-order valence-corrected chi connectivity index (χ4v) is 8.23. The second kappa shape index (κ2) is 13.4. The highest BCUT2D eigenvalue weighted by atomic mass is 15.0. The average Bonchev–Trinajstić information content (AvgIpc) is 3.59. The summed E-state index contributed by atoms with van der Waals surface area (Å²) in [4.78, 5) is 15.9. The summed E-state index contributed by atoms with van der Waals surface area (Å²) < 4.78 is 2.45. The molecule has 54 heavy (non-hydrogen) atoms. The number of fused-ring (bicyclic) bond motifs is 5. The van der Waals surface area contributed by atoms with E-state index in [0.29, 0.717) is 5.92 Å². The number of nitrogens with zero attached hydrogens (tertiary/aromatic N) is 4. The number of hydrogen-bond donors (Lipinski definition) is 0. The molecule has 0 N–H and O–H groups in total. The lowest BCUT2D eigenvalue weighted by Gasteiger charge is -2.22. The van der Waals surface area contributed by atoms with Gasteiger partial charge in [-0.05, 0) is 78.3 Å². The van der Waals surface area contributed by atoms with Gasteiger partial charge in [-0.25, -0.2) is 15.0 Å². The van der Waals surface area contributed by atoms with Crippen molar-refractivity contribution in [3.8, 4) is 50.6 Å². The third kappa shape index (κ3) is 5.59. The fraction of sp³-hybridized carbons (Fsp3) is 0.100. The summed E-state index contributed by atoms with van der Waals surface area (Å²) in [5.74, 6) is 1.12. The van der Waals surface area contributed by atoms with Crippen molar-refractivity contribution in [3.63, 3.8) is 0 Å². The van der Waals surface area contributed by atoms with E-state index >= 15 is 0 Å². The molecular formula is C50H38N4. The maximum Gasteiger partial charge on any atom is 0.156 e. The Balaban J connectivity index is 1.16. The Kier molecular flexibility index (Phi) is 7.95. The van der Waals surface area contributed by atoms with Gasteiger partial charge in [-0.15, -0.1) is 0 Å². The second-order valence-electron chi connectivity index (χ2n) is 14.4. The van der Waals surface area contributed by atoms with Gasteiger partial charge in [0.05, 0.1) is 33.8 Å². The van der Waals surface area contributed by atoms with E-state index in [0.717, 1.165) is 75.8 Å². The average molecular weight is 695 g/mol. The predicted octanol–water partition coefficient (Wildman–Crippen LogP) is 12.9. The first-order valence-corrected chi connectivity index (χ1v) is 18.9. The summed E-state index contributed by atoms with van der Waals surface area (Å²) in [6.07, 6.45) is 13.9. The van der Waals surface area contributed by atoms with E-state index in [1.165, 1.54) is 38.5 Å². The molecule has 1 atom stereocenters. The van der Waals surface area contributed by atoms with Gasteiger partial charge < -0.3 is 4.57 Å². The minimum Gasteiger partial charge on any atom is -0.309 e. The van der Waals surface area contributed by atoms with Crippen molar-refractivity contribution in [1.29, 1.82) is 0 Å². The van der Waals surface area contributed by atoms with Crippen LogP contribution in [-0.2, 0) is 0 Å². The zero-order valence-electron chi connectivity index (χ0n) is 30.2. The highest BCUT2D eigenvalue weighted by Crippen LogP contribution is 2.45. The zero-order chi connectivity index (χ0) is 36.0. The molecule has 2 aliphatic carbocycles. The number of allylic oxidation sites excluding steroid dienone is 5. The Morgan fingerprint density at radius 1 is 0.611 bits per heavy atom. The van der Waals surface area contributed by atoms with Crippen LogP contribution in [0, 0.1) is 0 Å². The van der Waals surface area contributed by atoms with Gasteiger partial charge in [-0.1, -0.05) is 140 Å². The number of para-hydroxylation sites is 2. The first kappa shape index (κ1) is 32.0. The molecule has 0 bridgehead atoms. The SMILES string of the molecule is CC1CC=Cc2nc(-c3cccc(-c4cc(-c5ccc(-c6ccccc6)cc5)nc(C5=CC=CCC5)n4)c3)c3c4ccccc4n(-c4ccccc4)c3c21. The van der Waals surface area contributed by atoms with Crippen LogP contribution in [0.2, 0.25) is 0 Å². The molecule has 1 unspecified atom stereocenters. The molecule has 0 spiro atoms. The molecule has 0 saturated heterocycles. The molecule has 3 heterocycles. The fourth-order valence-electron chi connectivity index (χ4n) is 8.23. The van der Waals surface area contributed by atoms with Crippen LogP contribution in [0.15, 0.2) is 164 Å². The summed E-state index contributed by atoms with van der Waals surface area (Å²) in [5.41, 5.74) is 15.4. The number of aromatic nitrogens is 4. The molecule has 0 aliphatic heterocycles. The second-order valence-corrected chi connectivity index (χ2v) is 14.4. The molecule has 0 amide bonds. The lowest BCUT2D eigenvalue weighted by atomic mass is 9.88. The van der Waals surface area contributed by atoms with Gasteiger partial charge in [0.15, 0.2) is 5.82 Å². The molecule has 0 radical (unpaired) electrons. The van der Waals surface area contributed by atoms with Crippen LogP contribution in [0.5, 0.6) is 0 Å². The first-order chi connectivity index (χ1) is 26.7. The van der Waals surface area contributed by atoms with Crippen LogP contribution in [-0.4, -0.2) is 19.5 Å². The zero-order valence-corrected chi connectivity index (χ0v) is 30.2. The molecule has 0 fully saturated rings. The quantitative estimate of drug-likeness (QED) is 0.174. The largest absolute Gasteiger partial charge is 0.309 e. The Morgan fingerprint density at radius 2 is 1.30 bits per heavy atom. The van der Waals surface area contributed by atoms with Gasteiger partial charge >= 0.3 is 0 Å². The molecule has 8 aromatic rings. The van der Waals surface area contributed by atoms with E-state index in [4.69, 9.17) is 15.0 Å². The molecule has 4 nitrogen and oxygen atoms in total. The molecule has 3 aromatic heterocycles. The Labute approximate surface area is 315 Å². The van der Waals surface area contributed by atoms with Crippen molar-refractivity contribution in [2.75, 3.05) is 0 Å². The van der Waals surface area contributed by atoms with Crippen LogP contribution in [0.4, 0.5) is 0 Å². The molecule has 4 heteroatoms. The van der Waals surface area contributed by atoms with Crippen molar-refractivity contribution in [2.45, 2.75) is 32.1 Å². The van der Waals surface area contributed by atoms with Crippen LogP contribution < -0.4 is 0 Å². The monoisotopic (exact) mass is 694 g/mol. The lowest BCUT2D eigenvalue weighted by molar-refractivity contribution is 0.769. The Morgan fingerprint density at radius 3 is 2.09 bits per heavy atom. The number of pyridine rings is 1. The van der Waals surface area contributed by atoms with E-state index in [1.807, 2.05) is 0 Å². The summed E-state index contributed by atoms with van der Waals surface area (Å²) >= 11 is 0. The number of benzene rings is 5. The molecule has 5 aromatic carbocycles. The van der Waals surface area contributed by atoms with Crippen molar-refractivity contribution < 1.29 is 0 Å². The highest BCUT2D eigenvalue weighted by Gasteiger charge is 2.27. The summed E-state index contributed by atoms with van der Waals surface area (Å²) in [6.45, 7) is 2.33. The molecule has 258 valence electrons. The van der Waals surface area contributed by atoms with Crippen LogP contribution in [0.1, 0.15) is 49.2 Å². The first-order valence-electron chi connectivity index (χ1n) is 18.9. The summed E-state index contributed by atoms with van der Waals surface area (Å²) in [5, 5.41) is 2.39. The van der Waals surface area contributed by atoms with Gasteiger partial charge in [0.1, 0.15) is 0 Å². The van der Waals surface area contributed by atoms with Gasteiger partial charge in [-0.3, -0.25) is 0 Å². The molecule has 2 aliphatic rings. The summed E-state index contributed by atoms with van der Waals surface area (Å²) in [7, 11) is 0. The van der Waals surface area contributed by atoms with Crippen molar-refractivity contribution in [3.05, 3.63) is 181 Å². The number of hydrogen-bond acceptors (Lipinski definition) is 3. The highest BCUT2D eigenvalue weighted by molar-refractivity contribution is 6.16. The van der Waals surface area contributed by atoms with E-state index in [-0.39, 0.29) is 0 Å². The lowest BCUT2D eigenvalue weighted by Crippen LogP contribution is -2.07. The third-order valence-corrected chi connectivity index (χ3v) is 10.9. The molecular weight excluding hydrogens is 657 g/mol. The molecule has 10 rings (SSSR count). The van der Waals surface area contributed by atoms with Gasteiger partial charge in [0.2, 0.25) is 0 Å². The maximum absolute atomic E-state index is 5.49. The van der Waals surface area contributed by atoms with Gasteiger partial charge in [0, 0.05) is 38.7 Å². The predicted molar refractivity (Wildman–Crippen MR) is 224 cm³/mol. The van der Waals surface area contributed by atoms with Crippen LogP contribution in [0.25, 0.3) is 84.0 Å². The van der Waals surface area contributed by atoms with Crippen molar-refractivity contribution in [1.82, 2.24) is 19.5 Å². The van der Waals surface area contributed by atoms with Crippen molar-refractivity contribution >= 4 is 33.5 Å². The smallest absolute Gasteiger partial charge is 0.156 e. The standard InChI is InChI=1S/C50H38N4/c1-33-15-13-25-42-46(33)49-47(41-24-11-12-26-45(41)54(49)40-22-9-4-10-23-40)48(51-42)39-21-14-20-38(31-39)44-32-43(52-50(53-44)37-18-7-3-8-19-37)36-29-27-35(28-30-36)34-16-5-2-6-17-34/h2-7,9-14,16-18,20-33H,8,15,19H2,1H3. The van der Waals surface area contributed by atoms with Gasteiger partial charge in [0.25, 0.3) is 0 Å². The van der Waals surface area contributed by atoms with E-state index in [2.05, 4.69) is 181 Å². The Bertz CT molecular complexity index is 2790. The minimum atomic E-state index is 0.343. The van der Waals surface area contributed by atoms with E-state index in [9.17, 15) is 0 Å².